The van der Waals surface area contributed by atoms with Crippen LogP contribution in [0.4, 0.5) is 17.6 Å². The monoisotopic (exact) mass is 364 g/mol. The van der Waals surface area contributed by atoms with Crippen LogP contribution in [-0.4, -0.2) is 27.2 Å². The number of pyridine rings is 1. The highest BCUT2D eigenvalue weighted by Gasteiger charge is 2.31. The molecular weight excluding hydrogens is 352 g/mol. The molecule has 130 valence electrons. The van der Waals surface area contributed by atoms with E-state index < -0.39 is 23.6 Å². The highest BCUT2D eigenvalue weighted by Crippen LogP contribution is 2.31. The Morgan fingerprint density at radius 2 is 2.08 bits per heavy atom. The number of nitrogens with one attached hydrogen (secondary N) is 1. The smallest absolute Gasteiger partial charge is 0.351 e. The van der Waals surface area contributed by atoms with Crippen LogP contribution in [-0.2, 0) is 19.6 Å². The summed E-state index contributed by atoms with van der Waals surface area (Å²) in [5, 5.41) is 6.10. The summed E-state index contributed by atoms with van der Waals surface area (Å²) in [6, 6.07) is 0.774. The molecule has 2 aromatic rings. The number of amides is 1. The number of hydrogen-bond donors (Lipinski definition) is 1. The Labute approximate surface area is 139 Å². The standard InChI is InChI=1S/C14H13ClF4N4O/c1-7-11(12(16)23(2)22-7)13(24)20-4-3-10-9(15)5-8(6-21-10)14(17,18)19/h5-6H,3-4H2,1-2H3,(H,20,24). The fourth-order valence-electron chi connectivity index (χ4n) is 2.08. The molecule has 0 aliphatic heterocycles. The summed E-state index contributed by atoms with van der Waals surface area (Å²) in [7, 11) is 1.37. The maximum absolute atomic E-state index is 13.7. The molecule has 0 spiro atoms. The maximum Gasteiger partial charge on any atom is 0.417 e. The Morgan fingerprint density at radius 1 is 1.42 bits per heavy atom. The van der Waals surface area contributed by atoms with Crippen LogP contribution in [0.3, 0.4) is 0 Å². The molecule has 2 heterocycles. The van der Waals surface area contributed by atoms with Gasteiger partial charge in [-0.05, 0) is 13.0 Å². The van der Waals surface area contributed by atoms with E-state index in [4.69, 9.17) is 11.6 Å². The van der Waals surface area contributed by atoms with E-state index in [1.165, 1.54) is 14.0 Å². The van der Waals surface area contributed by atoms with Gasteiger partial charge in [0, 0.05) is 26.2 Å². The van der Waals surface area contributed by atoms with E-state index in [-0.39, 0.29) is 34.9 Å². The number of carbonyl (C=O) groups excluding carboxylic acids is 1. The molecular formula is C14H13ClF4N4O. The van der Waals surface area contributed by atoms with E-state index in [0.29, 0.717) is 6.20 Å². The first-order valence-corrected chi connectivity index (χ1v) is 7.18. The molecule has 1 amide bonds. The summed E-state index contributed by atoms with van der Waals surface area (Å²) < 4.78 is 52.3. The van der Waals surface area contributed by atoms with Crippen LogP contribution in [0.1, 0.15) is 27.3 Å². The van der Waals surface area contributed by atoms with Crippen molar-refractivity contribution in [2.45, 2.75) is 19.5 Å². The lowest BCUT2D eigenvalue weighted by atomic mass is 10.2. The molecule has 5 nitrogen and oxygen atoms in total. The SMILES string of the molecule is Cc1nn(C)c(F)c1C(=O)NCCc1ncc(C(F)(F)F)cc1Cl. The minimum Gasteiger partial charge on any atom is -0.351 e. The van der Waals surface area contributed by atoms with Crippen LogP contribution in [0.25, 0.3) is 0 Å². The van der Waals surface area contributed by atoms with E-state index in [0.717, 1.165) is 10.7 Å². The predicted molar refractivity (Wildman–Crippen MR) is 78.2 cm³/mol. The molecule has 0 saturated heterocycles. The van der Waals surface area contributed by atoms with Gasteiger partial charge >= 0.3 is 6.18 Å². The summed E-state index contributed by atoms with van der Waals surface area (Å²) in [6.45, 7) is 1.52. The van der Waals surface area contributed by atoms with E-state index in [9.17, 15) is 22.4 Å². The first-order valence-electron chi connectivity index (χ1n) is 6.80. The van der Waals surface area contributed by atoms with E-state index >= 15 is 0 Å². The van der Waals surface area contributed by atoms with Gasteiger partial charge in [0.1, 0.15) is 5.56 Å². The molecule has 0 radical (unpaired) electrons. The zero-order valence-corrected chi connectivity index (χ0v) is 13.5. The molecule has 2 rings (SSSR count). The second-order valence-electron chi connectivity index (χ2n) is 5.03. The zero-order valence-electron chi connectivity index (χ0n) is 12.7. The van der Waals surface area contributed by atoms with Gasteiger partial charge in [0.25, 0.3) is 5.91 Å². The summed E-state index contributed by atoms with van der Waals surface area (Å²) in [6.07, 6.45) is -3.75. The molecule has 0 aliphatic carbocycles. The highest BCUT2D eigenvalue weighted by molar-refractivity contribution is 6.31. The van der Waals surface area contributed by atoms with Crippen LogP contribution in [0.2, 0.25) is 5.02 Å². The normalized spacial score (nSPS) is 11.6. The number of nitrogens with zero attached hydrogens (tertiary/aromatic N) is 3. The summed E-state index contributed by atoms with van der Waals surface area (Å²) >= 11 is 5.77. The topological polar surface area (TPSA) is 59.8 Å². The Hall–Kier alpha value is -2.16. The molecule has 0 aromatic carbocycles. The highest BCUT2D eigenvalue weighted by atomic mass is 35.5. The van der Waals surface area contributed by atoms with Crippen molar-refractivity contribution < 1.29 is 22.4 Å². The molecule has 0 aliphatic rings. The third-order valence-electron chi connectivity index (χ3n) is 3.27. The third-order valence-corrected chi connectivity index (χ3v) is 3.60. The van der Waals surface area contributed by atoms with E-state index in [2.05, 4.69) is 15.4 Å². The zero-order chi connectivity index (χ0) is 18.1. The molecule has 0 saturated carbocycles. The molecule has 0 unspecified atom stereocenters. The minimum atomic E-state index is -4.53. The maximum atomic E-state index is 13.7. The molecule has 1 N–H and O–H groups in total. The van der Waals surface area contributed by atoms with Crippen LogP contribution in [0, 0.1) is 12.9 Å². The Kier molecular flexibility index (Phi) is 5.12. The van der Waals surface area contributed by atoms with Crippen molar-refractivity contribution in [3.63, 3.8) is 0 Å². The second-order valence-corrected chi connectivity index (χ2v) is 5.44. The molecule has 24 heavy (non-hydrogen) atoms. The lowest BCUT2D eigenvalue weighted by Crippen LogP contribution is -2.27. The first kappa shape index (κ1) is 18.2. The van der Waals surface area contributed by atoms with Crippen LogP contribution < -0.4 is 5.32 Å². The van der Waals surface area contributed by atoms with Crippen molar-refractivity contribution in [3.05, 3.63) is 45.7 Å². The largest absolute Gasteiger partial charge is 0.417 e. The average Bonchev–Trinajstić information content (AvgIpc) is 2.72. The number of rotatable bonds is 4. The lowest BCUT2D eigenvalue weighted by Gasteiger charge is -2.09. The van der Waals surface area contributed by atoms with Crippen LogP contribution >= 0.6 is 11.6 Å². The second kappa shape index (κ2) is 6.76. The van der Waals surface area contributed by atoms with E-state index in [1.807, 2.05) is 0 Å². The van der Waals surface area contributed by atoms with Crippen molar-refractivity contribution >= 4 is 17.5 Å². The van der Waals surface area contributed by atoms with Crippen molar-refractivity contribution in [1.29, 1.82) is 0 Å². The minimum absolute atomic E-state index is 0.0324. The van der Waals surface area contributed by atoms with Crippen molar-refractivity contribution in [3.8, 4) is 0 Å². The molecule has 10 heteroatoms. The fraction of sp³-hybridized carbons (Fsp3) is 0.357. The van der Waals surface area contributed by atoms with Gasteiger partial charge in [-0.1, -0.05) is 11.6 Å². The van der Waals surface area contributed by atoms with Crippen LogP contribution in [0.5, 0.6) is 0 Å². The van der Waals surface area contributed by atoms with Gasteiger partial charge in [0.05, 0.1) is 22.0 Å². The third kappa shape index (κ3) is 3.84. The van der Waals surface area contributed by atoms with Gasteiger partial charge in [-0.2, -0.15) is 22.7 Å². The van der Waals surface area contributed by atoms with Gasteiger partial charge in [0.2, 0.25) is 5.95 Å². The summed E-state index contributed by atoms with van der Waals surface area (Å²) in [5.41, 5.74) is -0.691. The quantitative estimate of drug-likeness (QED) is 0.849. The van der Waals surface area contributed by atoms with Gasteiger partial charge in [-0.15, -0.1) is 0 Å². The lowest BCUT2D eigenvalue weighted by molar-refractivity contribution is -0.137. The van der Waals surface area contributed by atoms with Gasteiger partial charge in [0.15, 0.2) is 0 Å². The molecule has 2 aromatic heterocycles. The summed E-state index contributed by atoms with van der Waals surface area (Å²) in [5.74, 6) is -1.43. The van der Waals surface area contributed by atoms with Crippen molar-refractivity contribution in [2.24, 2.45) is 7.05 Å². The number of aromatic nitrogens is 3. The first-order chi connectivity index (χ1) is 11.1. The van der Waals surface area contributed by atoms with Crippen LogP contribution in [0.15, 0.2) is 12.3 Å². The van der Waals surface area contributed by atoms with Crippen molar-refractivity contribution in [1.82, 2.24) is 20.1 Å². The molecule has 0 bridgehead atoms. The number of aryl methyl sites for hydroxylation is 2. The molecule has 0 atom stereocenters. The van der Waals surface area contributed by atoms with Gasteiger partial charge in [-0.3, -0.25) is 9.78 Å². The Balaban J connectivity index is 2.01. The Morgan fingerprint density at radius 3 is 2.58 bits per heavy atom. The Bertz CT molecular complexity index is 773. The van der Waals surface area contributed by atoms with Crippen molar-refractivity contribution in [2.75, 3.05) is 6.54 Å². The van der Waals surface area contributed by atoms with Gasteiger partial charge in [-0.25, -0.2) is 4.68 Å². The number of hydrogen-bond acceptors (Lipinski definition) is 3. The number of halogens is 5. The average molecular weight is 365 g/mol. The summed E-state index contributed by atoms with van der Waals surface area (Å²) in [4.78, 5) is 15.6. The number of carbonyl (C=O) groups is 1. The molecule has 0 fully saturated rings. The fourth-order valence-corrected chi connectivity index (χ4v) is 2.34. The van der Waals surface area contributed by atoms with Gasteiger partial charge < -0.3 is 5.32 Å². The van der Waals surface area contributed by atoms with E-state index in [1.54, 1.807) is 0 Å². The predicted octanol–water partition coefficient (Wildman–Crippen LogP) is 2.91. The number of alkyl halides is 3.